The van der Waals surface area contributed by atoms with Crippen molar-refractivity contribution in [3.63, 3.8) is 0 Å². The van der Waals surface area contributed by atoms with Crippen molar-refractivity contribution < 1.29 is 4.39 Å². The van der Waals surface area contributed by atoms with Gasteiger partial charge in [0, 0.05) is 28.6 Å². The van der Waals surface area contributed by atoms with E-state index in [0.29, 0.717) is 34.7 Å². The van der Waals surface area contributed by atoms with Gasteiger partial charge in [-0.1, -0.05) is 24.0 Å². The van der Waals surface area contributed by atoms with E-state index in [-0.39, 0.29) is 11.9 Å². The average molecular weight is 489 g/mol. The zero-order valence-corrected chi connectivity index (χ0v) is 20.1. The normalized spacial score (nSPS) is 29.4. The van der Waals surface area contributed by atoms with Crippen LogP contribution in [0.4, 0.5) is 4.39 Å². The molecule has 2 saturated heterocycles. The average Bonchev–Trinajstić information content (AvgIpc) is 3.50. The number of piperidine rings is 2. The molecule has 6 nitrogen and oxygen atoms in total. The van der Waals surface area contributed by atoms with Gasteiger partial charge in [-0.2, -0.15) is 0 Å². The van der Waals surface area contributed by atoms with E-state index in [0.717, 1.165) is 57.3 Å². The fourth-order valence-corrected chi connectivity index (χ4v) is 6.60. The van der Waals surface area contributed by atoms with Crippen LogP contribution in [0.3, 0.4) is 0 Å². The first-order valence-corrected chi connectivity index (χ1v) is 13.3. The summed E-state index contributed by atoms with van der Waals surface area (Å²) in [7, 11) is 0. The van der Waals surface area contributed by atoms with E-state index >= 15 is 0 Å². The molecule has 5 aromatic rings. The van der Waals surface area contributed by atoms with Gasteiger partial charge in [-0.05, 0) is 73.2 Å². The highest BCUT2D eigenvalue weighted by Gasteiger charge is 2.47. The minimum absolute atomic E-state index is 0.194. The van der Waals surface area contributed by atoms with Crippen LogP contribution in [0.25, 0.3) is 32.8 Å². The molecule has 4 aliphatic rings. The first kappa shape index (κ1) is 20.3. The monoisotopic (exact) mass is 488 g/mol. The first-order chi connectivity index (χ1) is 18.1. The number of halogens is 1. The summed E-state index contributed by atoms with van der Waals surface area (Å²) in [6, 6.07) is 15.6. The summed E-state index contributed by atoms with van der Waals surface area (Å²) >= 11 is 0. The molecular weight excluding hydrogens is 463 g/mol. The van der Waals surface area contributed by atoms with Crippen molar-refractivity contribution in [2.45, 2.75) is 49.9 Å². The van der Waals surface area contributed by atoms with E-state index in [1.807, 2.05) is 12.1 Å². The van der Waals surface area contributed by atoms with Gasteiger partial charge in [-0.25, -0.2) is 14.4 Å². The van der Waals surface area contributed by atoms with Crippen molar-refractivity contribution >= 4 is 32.8 Å². The van der Waals surface area contributed by atoms with Crippen LogP contribution in [-0.4, -0.2) is 32.0 Å². The fraction of sp³-hybridized carbons (Fsp3) is 0.333. The minimum Gasteiger partial charge on any atom is -0.341 e. The van der Waals surface area contributed by atoms with Crippen LogP contribution in [0.2, 0.25) is 0 Å². The third kappa shape index (κ3) is 3.26. The molecule has 37 heavy (non-hydrogen) atoms. The molecule has 9 rings (SSSR count). The Kier molecular flexibility index (Phi) is 3.95. The zero-order chi connectivity index (χ0) is 24.2. The van der Waals surface area contributed by atoms with Crippen LogP contribution in [-0.2, 0) is 0 Å². The molecule has 2 aromatic heterocycles. The molecule has 0 bridgehead atoms. The maximum absolute atomic E-state index is 14.9. The largest absolute Gasteiger partial charge is 0.341 e. The van der Waals surface area contributed by atoms with E-state index in [2.05, 4.69) is 61.7 Å². The van der Waals surface area contributed by atoms with Crippen molar-refractivity contribution in [3.8, 4) is 11.8 Å². The molecule has 2 aliphatic heterocycles. The predicted molar refractivity (Wildman–Crippen MR) is 140 cm³/mol. The summed E-state index contributed by atoms with van der Waals surface area (Å²) in [6.45, 7) is 0. The number of nitrogens with zero attached hydrogens (tertiary/aromatic N) is 2. The van der Waals surface area contributed by atoms with E-state index in [4.69, 9.17) is 4.98 Å². The molecule has 0 amide bonds. The molecule has 2 unspecified atom stereocenters. The van der Waals surface area contributed by atoms with Crippen molar-refractivity contribution in [2.75, 3.05) is 0 Å². The molecular formula is C30H25FN6. The van der Waals surface area contributed by atoms with Crippen molar-refractivity contribution in [1.82, 2.24) is 30.6 Å². The fourth-order valence-electron chi connectivity index (χ4n) is 6.60. The van der Waals surface area contributed by atoms with Gasteiger partial charge in [-0.15, -0.1) is 0 Å². The summed E-state index contributed by atoms with van der Waals surface area (Å²) in [4.78, 5) is 16.4. The van der Waals surface area contributed by atoms with Gasteiger partial charge < -0.3 is 20.6 Å². The Hall–Kier alpha value is -3.73. The van der Waals surface area contributed by atoms with Crippen LogP contribution in [0.1, 0.15) is 60.5 Å². The predicted octanol–water partition coefficient (Wildman–Crippen LogP) is 4.98. The van der Waals surface area contributed by atoms with Crippen molar-refractivity contribution in [2.24, 2.45) is 11.8 Å². The number of aromatic amines is 2. The summed E-state index contributed by atoms with van der Waals surface area (Å²) in [5, 5.41) is 9.47. The van der Waals surface area contributed by atoms with Gasteiger partial charge in [0.1, 0.15) is 17.2 Å². The second kappa shape index (κ2) is 7.18. The Morgan fingerprint density at radius 3 is 2.14 bits per heavy atom. The molecule has 3 aromatic carbocycles. The van der Waals surface area contributed by atoms with Gasteiger partial charge in [-0.3, -0.25) is 0 Å². The van der Waals surface area contributed by atoms with Gasteiger partial charge in [0.05, 0.1) is 28.6 Å². The zero-order valence-electron chi connectivity index (χ0n) is 20.1. The maximum Gasteiger partial charge on any atom is 0.152 e. The Labute approximate surface area is 212 Å². The second-order valence-corrected chi connectivity index (χ2v) is 11.4. The summed E-state index contributed by atoms with van der Waals surface area (Å²) in [6.07, 6.45) is 4.81. The van der Waals surface area contributed by atoms with Crippen molar-refractivity contribution in [1.29, 1.82) is 0 Å². The van der Waals surface area contributed by atoms with Crippen LogP contribution in [0.5, 0.6) is 0 Å². The van der Waals surface area contributed by atoms with Crippen LogP contribution in [0.15, 0.2) is 42.5 Å². The first-order valence-electron chi connectivity index (χ1n) is 13.3. The maximum atomic E-state index is 14.9. The summed E-state index contributed by atoms with van der Waals surface area (Å²) in [5.41, 5.74) is 4.69. The molecule has 6 atom stereocenters. The van der Waals surface area contributed by atoms with E-state index < -0.39 is 0 Å². The molecule has 182 valence electrons. The number of rotatable bonds is 2. The van der Waals surface area contributed by atoms with E-state index in [1.54, 1.807) is 0 Å². The number of H-pyrrole nitrogens is 2. The van der Waals surface area contributed by atoms with Gasteiger partial charge in [0.2, 0.25) is 0 Å². The molecule has 0 radical (unpaired) electrons. The number of nitrogens with one attached hydrogen (secondary N) is 4. The van der Waals surface area contributed by atoms with E-state index in [1.165, 1.54) is 25.3 Å². The molecule has 4 heterocycles. The number of fused-ring (bicyclic) bond motifs is 6. The highest BCUT2D eigenvalue weighted by Crippen LogP contribution is 2.46. The van der Waals surface area contributed by atoms with Crippen molar-refractivity contribution in [3.05, 3.63) is 71.1 Å². The third-order valence-corrected chi connectivity index (χ3v) is 8.81. The Balaban J connectivity index is 1.02. The third-order valence-electron chi connectivity index (χ3n) is 8.81. The van der Waals surface area contributed by atoms with Gasteiger partial charge in [0.15, 0.2) is 5.82 Å². The lowest BCUT2D eigenvalue weighted by atomic mass is 10.1. The smallest absolute Gasteiger partial charge is 0.152 e. The summed E-state index contributed by atoms with van der Waals surface area (Å²) < 4.78 is 14.9. The lowest BCUT2D eigenvalue weighted by Crippen LogP contribution is -2.18. The van der Waals surface area contributed by atoms with Crippen LogP contribution >= 0.6 is 0 Å². The van der Waals surface area contributed by atoms with E-state index in [9.17, 15) is 4.39 Å². The Morgan fingerprint density at radius 1 is 0.703 bits per heavy atom. The lowest BCUT2D eigenvalue weighted by molar-refractivity contribution is 0.543. The topological polar surface area (TPSA) is 81.4 Å². The summed E-state index contributed by atoms with van der Waals surface area (Å²) in [5.74, 6) is 9.50. The number of benzene rings is 3. The molecule has 4 fully saturated rings. The van der Waals surface area contributed by atoms with Crippen LogP contribution in [0, 0.1) is 29.5 Å². The molecule has 0 spiro atoms. The molecule has 7 heteroatoms. The number of imidazole rings is 2. The van der Waals surface area contributed by atoms with Gasteiger partial charge in [0.25, 0.3) is 0 Å². The molecule has 2 saturated carbocycles. The molecule has 2 aliphatic carbocycles. The standard InChI is InChI=1S/C30H25FN6/c31-20-8-15(9-24-28(20)37-30(35-24)26-13-18-11-23(18)33-26)2-1-14-3-5-19-16(7-14)4-6-21-27(19)36-29(34-21)25-12-17-10-22(17)32-25/h3-9,17-18,22-23,25-26,32-33H,10-13H2,(H,34,36)(H,35,37)/t17-,18?,22-,23?,25+,26+/m1/s1. The Morgan fingerprint density at radius 2 is 1.41 bits per heavy atom. The number of aromatic nitrogens is 4. The highest BCUT2D eigenvalue weighted by atomic mass is 19.1. The molecule has 4 N–H and O–H groups in total. The lowest BCUT2D eigenvalue weighted by Gasteiger charge is -2.08. The Bertz CT molecular complexity index is 1800. The number of hydrogen-bond donors (Lipinski definition) is 4. The van der Waals surface area contributed by atoms with Crippen LogP contribution < -0.4 is 10.6 Å². The number of hydrogen-bond acceptors (Lipinski definition) is 4. The second-order valence-electron chi connectivity index (χ2n) is 11.4. The highest BCUT2D eigenvalue weighted by molar-refractivity contribution is 6.04. The minimum atomic E-state index is -0.336. The van der Waals surface area contributed by atoms with Gasteiger partial charge >= 0.3 is 0 Å². The SMILES string of the molecule is Fc1cc(C#Cc2ccc3c(ccc4[nH]c([C@@H]5C[C@H]6C[C@H]6N5)nc43)c2)cc2[nH]c([C@@H]3CC4CC4N3)nc12. The quantitative estimate of drug-likeness (QED) is 0.264.